The molecular formula is C17H12F2N2. The lowest BCUT2D eigenvalue weighted by atomic mass is 9.90. The van der Waals surface area contributed by atoms with Crippen molar-refractivity contribution in [2.45, 2.75) is 12.8 Å². The molecule has 3 aromatic rings. The highest BCUT2D eigenvalue weighted by atomic mass is 19.1. The summed E-state index contributed by atoms with van der Waals surface area (Å²) in [4.78, 5) is 0. The molecule has 0 fully saturated rings. The number of nitrogens with zero attached hydrogens (tertiary/aromatic N) is 2. The van der Waals surface area contributed by atoms with Crippen LogP contribution in [0.25, 0.3) is 16.8 Å². The van der Waals surface area contributed by atoms with Crippen LogP contribution < -0.4 is 0 Å². The molecule has 2 nitrogen and oxygen atoms in total. The molecule has 0 radical (unpaired) electrons. The van der Waals surface area contributed by atoms with Gasteiger partial charge in [-0.2, -0.15) is 5.10 Å². The monoisotopic (exact) mass is 282 g/mol. The lowest BCUT2D eigenvalue weighted by Gasteiger charge is -2.14. The summed E-state index contributed by atoms with van der Waals surface area (Å²) in [5.74, 6) is -0.473. The van der Waals surface area contributed by atoms with Gasteiger partial charge >= 0.3 is 0 Å². The van der Waals surface area contributed by atoms with Crippen molar-refractivity contribution in [3.63, 3.8) is 0 Å². The van der Waals surface area contributed by atoms with Crippen molar-refractivity contribution in [3.8, 4) is 16.8 Å². The molecule has 1 aliphatic carbocycles. The van der Waals surface area contributed by atoms with Crippen molar-refractivity contribution in [1.82, 2.24) is 9.78 Å². The van der Waals surface area contributed by atoms with Crippen molar-refractivity contribution in [3.05, 3.63) is 71.6 Å². The van der Waals surface area contributed by atoms with Crippen LogP contribution in [0.3, 0.4) is 0 Å². The lowest BCUT2D eigenvalue weighted by Crippen LogP contribution is -2.03. The van der Waals surface area contributed by atoms with Crippen LogP contribution in [-0.4, -0.2) is 9.78 Å². The topological polar surface area (TPSA) is 17.8 Å². The Labute approximate surface area is 120 Å². The molecule has 21 heavy (non-hydrogen) atoms. The fourth-order valence-electron chi connectivity index (χ4n) is 2.83. The van der Waals surface area contributed by atoms with Gasteiger partial charge < -0.3 is 0 Å². The number of benzene rings is 2. The second-order valence-corrected chi connectivity index (χ2v) is 5.21. The summed E-state index contributed by atoms with van der Waals surface area (Å²) in [5, 5.41) is 4.57. The van der Waals surface area contributed by atoms with Crippen molar-refractivity contribution in [2.24, 2.45) is 0 Å². The van der Waals surface area contributed by atoms with Gasteiger partial charge in [0.05, 0.1) is 11.4 Å². The Hall–Kier alpha value is -2.49. The van der Waals surface area contributed by atoms with Gasteiger partial charge in [0.1, 0.15) is 11.6 Å². The second-order valence-electron chi connectivity index (χ2n) is 5.21. The highest BCUT2D eigenvalue weighted by Gasteiger charge is 2.20. The highest BCUT2D eigenvalue weighted by Crippen LogP contribution is 2.33. The average molecular weight is 282 g/mol. The summed E-state index contributed by atoms with van der Waals surface area (Å²) < 4.78 is 28.1. The maximum absolute atomic E-state index is 13.3. The Morgan fingerprint density at radius 1 is 0.857 bits per heavy atom. The third-order valence-corrected chi connectivity index (χ3v) is 3.87. The Kier molecular flexibility index (Phi) is 2.64. The standard InChI is InChI=1S/C17H12F2N2/c18-12-2-5-14(6-3-12)21-10-16-15-7-4-13(19)9-11(15)1-8-17(16)20-21/h2-7,9-10H,1,8H2. The number of fused-ring (bicyclic) bond motifs is 3. The van der Waals surface area contributed by atoms with Crippen LogP contribution >= 0.6 is 0 Å². The molecule has 0 saturated carbocycles. The van der Waals surface area contributed by atoms with E-state index in [4.69, 9.17) is 0 Å². The van der Waals surface area contributed by atoms with Gasteiger partial charge in [0, 0.05) is 11.8 Å². The zero-order valence-corrected chi connectivity index (χ0v) is 11.2. The molecule has 104 valence electrons. The van der Waals surface area contributed by atoms with E-state index in [0.717, 1.165) is 40.9 Å². The summed E-state index contributed by atoms with van der Waals surface area (Å²) in [7, 11) is 0. The van der Waals surface area contributed by atoms with Gasteiger partial charge in [0.2, 0.25) is 0 Å². The summed E-state index contributed by atoms with van der Waals surface area (Å²) in [5.41, 5.74) is 4.89. The quantitative estimate of drug-likeness (QED) is 0.661. The number of rotatable bonds is 1. The smallest absolute Gasteiger partial charge is 0.123 e. The van der Waals surface area contributed by atoms with Gasteiger partial charge in [-0.1, -0.05) is 6.07 Å². The first-order valence-corrected chi connectivity index (χ1v) is 6.84. The van der Waals surface area contributed by atoms with Gasteiger partial charge in [0.15, 0.2) is 0 Å². The molecule has 0 unspecified atom stereocenters. The Morgan fingerprint density at radius 3 is 2.43 bits per heavy atom. The Balaban J connectivity index is 1.83. The second kappa shape index (κ2) is 4.52. The van der Waals surface area contributed by atoms with Gasteiger partial charge in [-0.15, -0.1) is 0 Å². The SMILES string of the molecule is Fc1ccc(-n2cc3c(n2)CCc2cc(F)ccc2-3)cc1. The van der Waals surface area contributed by atoms with Gasteiger partial charge in [-0.25, -0.2) is 13.5 Å². The predicted octanol–water partition coefficient (Wildman–Crippen LogP) is 3.92. The highest BCUT2D eigenvalue weighted by molar-refractivity contribution is 5.71. The maximum atomic E-state index is 13.3. The summed E-state index contributed by atoms with van der Waals surface area (Å²) in [6.45, 7) is 0. The normalized spacial score (nSPS) is 12.9. The van der Waals surface area contributed by atoms with Crippen LogP contribution in [0.15, 0.2) is 48.7 Å². The predicted molar refractivity (Wildman–Crippen MR) is 76.3 cm³/mol. The third-order valence-electron chi connectivity index (χ3n) is 3.87. The molecule has 1 aromatic heterocycles. The van der Waals surface area contributed by atoms with Crippen LogP contribution in [0.5, 0.6) is 0 Å². The van der Waals surface area contributed by atoms with E-state index in [-0.39, 0.29) is 11.6 Å². The third kappa shape index (κ3) is 2.03. The zero-order chi connectivity index (χ0) is 14.4. The Morgan fingerprint density at radius 2 is 1.62 bits per heavy atom. The minimum Gasteiger partial charge on any atom is -0.240 e. The van der Waals surface area contributed by atoms with E-state index in [1.54, 1.807) is 28.9 Å². The molecule has 0 N–H and O–H groups in total. The van der Waals surface area contributed by atoms with Crippen molar-refractivity contribution in [1.29, 1.82) is 0 Å². The van der Waals surface area contributed by atoms with Crippen LogP contribution in [0, 0.1) is 11.6 Å². The van der Waals surface area contributed by atoms with E-state index < -0.39 is 0 Å². The molecule has 0 spiro atoms. The maximum Gasteiger partial charge on any atom is 0.123 e. The molecule has 4 rings (SSSR count). The molecule has 0 amide bonds. The summed E-state index contributed by atoms with van der Waals surface area (Å²) in [6.07, 6.45) is 3.51. The number of aryl methyl sites for hydroxylation is 2. The van der Waals surface area contributed by atoms with Crippen LogP contribution in [0.4, 0.5) is 8.78 Å². The molecule has 0 aliphatic heterocycles. The summed E-state index contributed by atoms with van der Waals surface area (Å²) >= 11 is 0. The van der Waals surface area contributed by atoms with E-state index in [0.29, 0.717) is 0 Å². The van der Waals surface area contributed by atoms with Gasteiger partial charge in [0.25, 0.3) is 0 Å². The van der Waals surface area contributed by atoms with E-state index >= 15 is 0 Å². The van der Waals surface area contributed by atoms with E-state index in [1.165, 1.54) is 18.2 Å². The number of hydrogen-bond donors (Lipinski definition) is 0. The minimum absolute atomic E-state index is 0.205. The Bertz CT molecular complexity index is 819. The fraction of sp³-hybridized carbons (Fsp3) is 0.118. The van der Waals surface area contributed by atoms with E-state index in [2.05, 4.69) is 5.10 Å². The van der Waals surface area contributed by atoms with Crippen molar-refractivity contribution in [2.75, 3.05) is 0 Å². The molecular weight excluding hydrogens is 270 g/mol. The molecule has 0 atom stereocenters. The van der Waals surface area contributed by atoms with Crippen molar-refractivity contribution < 1.29 is 8.78 Å². The molecule has 0 saturated heterocycles. The fourth-order valence-corrected chi connectivity index (χ4v) is 2.83. The molecule has 4 heteroatoms. The first-order valence-electron chi connectivity index (χ1n) is 6.84. The van der Waals surface area contributed by atoms with Gasteiger partial charge in [-0.3, -0.25) is 0 Å². The molecule has 0 bridgehead atoms. The largest absolute Gasteiger partial charge is 0.240 e. The summed E-state index contributed by atoms with van der Waals surface area (Å²) in [6, 6.07) is 11.1. The van der Waals surface area contributed by atoms with Crippen LogP contribution in [0.2, 0.25) is 0 Å². The van der Waals surface area contributed by atoms with Crippen LogP contribution in [0.1, 0.15) is 11.3 Å². The number of hydrogen-bond acceptors (Lipinski definition) is 1. The average Bonchev–Trinajstić information content (AvgIpc) is 2.92. The van der Waals surface area contributed by atoms with Crippen molar-refractivity contribution >= 4 is 0 Å². The minimum atomic E-state index is -0.267. The molecule has 1 heterocycles. The van der Waals surface area contributed by atoms with Gasteiger partial charge in [-0.05, 0) is 60.4 Å². The van der Waals surface area contributed by atoms with Crippen LogP contribution in [-0.2, 0) is 12.8 Å². The molecule has 2 aromatic carbocycles. The molecule has 1 aliphatic rings. The first kappa shape index (κ1) is 12.3. The van der Waals surface area contributed by atoms with E-state index in [1.807, 2.05) is 6.20 Å². The number of aromatic nitrogens is 2. The zero-order valence-electron chi connectivity index (χ0n) is 11.2. The number of halogens is 2. The van der Waals surface area contributed by atoms with E-state index in [9.17, 15) is 8.78 Å². The first-order chi connectivity index (χ1) is 10.2. The lowest BCUT2D eigenvalue weighted by molar-refractivity contribution is 0.624.